The predicted molar refractivity (Wildman–Crippen MR) is 68.2 cm³/mol. The topological polar surface area (TPSA) is 38.7 Å². The van der Waals surface area contributed by atoms with Gasteiger partial charge in [0.15, 0.2) is 6.29 Å². The van der Waals surface area contributed by atoms with E-state index < -0.39 is 11.9 Å². The van der Waals surface area contributed by atoms with Gasteiger partial charge in [0.2, 0.25) is 0 Å². The molecule has 1 atom stereocenters. The fourth-order valence-electron chi connectivity index (χ4n) is 1.78. The van der Waals surface area contributed by atoms with E-state index in [1.807, 2.05) is 24.3 Å². The Morgan fingerprint density at radius 1 is 1.35 bits per heavy atom. The molecule has 0 aliphatic carbocycles. The number of aliphatic hydroxyl groups is 1. The first-order chi connectivity index (χ1) is 7.96. The minimum atomic E-state index is -0.888. The van der Waals surface area contributed by atoms with Crippen molar-refractivity contribution in [3.05, 3.63) is 34.9 Å². The zero-order valence-corrected chi connectivity index (χ0v) is 11.2. The van der Waals surface area contributed by atoms with Crippen molar-refractivity contribution in [2.45, 2.75) is 31.7 Å². The van der Waals surface area contributed by atoms with Crippen LogP contribution in [0.5, 0.6) is 0 Å². The van der Waals surface area contributed by atoms with E-state index in [0.717, 1.165) is 5.56 Å². The van der Waals surface area contributed by atoms with Gasteiger partial charge in [0.05, 0.1) is 5.60 Å². The lowest BCUT2D eigenvalue weighted by atomic mass is 9.93. The van der Waals surface area contributed by atoms with Gasteiger partial charge in [-0.2, -0.15) is 0 Å². The first-order valence-corrected chi connectivity index (χ1v) is 5.87. The molecule has 0 spiro atoms. The number of methoxy groups -OCH3 is 2. The third-order valence-corrected chi connectivity index (χ3v) is 2.84. The average Bonchev–Trinajstić information content (AvgIpc) is 2.25. The summed E-state index contributed by atoms with van der Waals surface area (Å²) in [5.41, 5.74) is 0.106. The van der Waals surface area contributed by atoms with Crippen molar-refractivity contribution in [1.29, 1.82) is 0 Å². The molecule has 0 bridgehead atoms. The predicted octanol–water partition coefficient (Wildman–Crippen LogP) is 2.64. The molecule has 17 heavy (non-hydrogen) atoms. The van der Waals surface area contributed by atoms with Crippen LogP contribution in [0.25, 0.3) is 0 Å². The van der Waals surface area contributed by atoms with E-state index >= 15 is 0 Å². The molecule has 1 unspecified atom stereocenters. The Kier molecular flexibility index (Phi) is 5.40. The van der Waals surface area contributed by atoms with Gasteiger partial charge in [-0.3, -0.25) is 0 Å². The summed E-state index contributed by atoms with van der Waals surface area (Å²) in [7, 11) is 3.12. The molecule has 96 valence electrons. The maximum Gasteiger partial charge on any atom is 0.159 e. The number of ether oxygens (including phenoxy) is 2. The molecule has 0 saturated heterocycles. The molecular weight excluding hydrogens is 240 g/mol. The molecule has 0 amide bonds. The van der Waals surface area contributed by atoms with Crippen molar-refractivity contribution in [3.63, 3.8) is 0 Å². The lowest BCUT2D eigenvalue weighted by Gasteiger charge is -2.27. The summed E-state index contributed by atoms with van der Waals surface area (Å²) in [6.07, 6.45) is 0.521. The summed E-state index contributed by atoms with van der Waals surface area (Å²) in [6.45, 7) is 1.76. The minimum absolute atomic E-state index is 0.399. The molecule has 0 aliphatic rings. The molecule has 1 aromatic carbocycles. The number of benzene rings is 1. The highest BCUT2D eigenvalue weighted by atomic mass is 35.5. The monoisotopic (exact) mass is 258 g/mol. The number of hydrogen-bond donors (Lipinski definition) is 1. The Morgan fingerprint density at radius 2 is 2.00 bits per heavy atom. The summed E-state index contributed by atoms with van der Waals surface area (Å²) in [5.74, 6) is 0. The van der Waals surface area contributed by atoms with Crippen LogP contribution in [0.15, 0.2) is 24.3 Å². The second-order valence-corrected chi connectivity index (χ2v) is 4.85. The maximum absolute atomic E-state index is 10.3. The molecule has 1 rings (SSSR count). The molecule has 3 nitrogen and oxygen atoms in total. The third kappa shape index (κ3) is 5.04. The third-order valence-electron chi connectivity index (χ3n) is 2.61. The van der Waals surface area contributed by atoms with E-state index in [2.05, 4.69) is 0 Å². The highest BCUT2D eigenvalue weighted by Gasteiger charge is 2.25. The van der Waals surface area contributed by atoms with Gasteiger partial charge >= 0.3 is 0 Å². The Bertz CT molecular complexity index is 348. The standard InChI is InChI=1S/C13H19ClO3/c1-13(15,9-12(16-2)17-3)8-10-5-4-6-11(14)7-10/h4-7,12,15H,8-9H2,1-3H3. The Morgan fingerprint density at radius 3 is 2.53 bits per heavy atom. The maximum atomic E-state index is 10.3. The van der Waals surface area contributed by atoms with Crippen LogP contribution in [0.4, 0.5) is 0 Å². The number of hydrogen-bond acceptors (Lipinski definition) is 3. The van der Waals surface area contributed by atoms with Crippen LogP contribution in [-0.2, 0) is 15.9 Å². The van der Waals surface area contributed by atoms with Crippen LogP contribution in [0, 0.1) is 0 Å². The second-order valence-electron chi connectivity index (χ2n) is 4.41. The molecule has 0 fully saturated rings. The van der Waals surface area contributed by atoms with Crippen molar-refractivity contribution in [3.8, 4) is 0 Å². The van der Waals surface area contributed by atoms with Crippen LogP contribution >= 0.6 is 11.6 Å². The van der Waals surface area contributed by atoms with Crippen molar-refractivity contribution in [2.24, 2.45) is 0 Å². The molecule has 0 radical (unpaired) electrons. The Labute approximate surface area is 107 Å². The molecule has 0 saturated carbocycles. The number of rotatable bonds is 6. The van der Waals surface area contributed by atoms with Crippen molar-refractivity contribution in [1.82, 2.24) is 0 Å². The van der Waals surface area contributed by atoms with Crippen molar-refractivity contribution >= 4 is 11.6 Å². The molecule has 1 N–H and O–H groups in total. The molecule has 4 heteroatoms. The molecule has 0 aliphatic heterocycles. The molecule has 1 aromatic rings. The lowest BCUT2D eigenvalue weighted by molar-refractivity contribution is -0.139. The minimum Gasteiger partial charge on any atom is -0.390 e. The lowest BCUT2D eigenvalue weighted by Crippen LogP contribution is -2.34. The van der Waals surface area contributed by atoms with Gasteiger partial charge in [-0.05, 0) is 24.6 Å². The highest BCUT2D eigenvalue weighted by Crippen LogP contribution is 2.22. The van der Waals surface area contributed by atoms with Gasteiger partial charge in [-0.25, -0.2) is 0 Å². The fraction of sp³-hybridized carbons (Fsp3) is 0.538. The first kappa shape index (κ1) is 14.5. The summed E-state index contributed by atoms with van der Waals surface area (Å²) < 4.78 is 10.2. The van der Waals surface area contributed by atoms with Crippen LogP contribution in [0.1, 0.15) is 18.9 Å². The summed E-state index contributed by atoms with van der Waals surface area (Å²) in [4.78, 5) is 0. The van der Waals surface area contributed by atoms with E-state index in [0.29, 0.717) is 17.9 Å². The summed E-state index contributed by atoms with van der Waals surface area (Å²) in [5, 5.41) is 11.0. The molecular formula is C13H19ClO3. The Balaban J connectivity index is 2.65. The quantitative estimate of drug-likeness (QED) is 0.798. The van der Waals surface area contributed by atoms with Crippen molar-refractivity contribution in [2.75, 3.05) is 14.2 Å². The van der Waals surface area contributed by atoms with E-state index in [1.54, 1.807) is 21.1 Å². The van der Waals surface area contributed by atoms with E-state index in [4.69, 9.17) is 21.1 Å². The zero-order valence-electron chi connectivity index (χ0n) is 10.4. The molecule has 0 heterocycles. The largest absolute Gasteiger partial charge is 0.390 e. The fourth-order valence-corrected chi connectivity index (χ4v) is 1.99. The van der Waals surface area contributed by atoms with E-state index in [-0.39, 0.29) is 0 Å². The van der Waals surface area contributed by atoms with Gasteiger partial charge in [-0.1, -0.05) is 23.7 Å². The molecule has 0 aromatic heterocycles. The van der Waals surface area contributed by atoms with E-state index in [1.165, 1.54) is 0 Å². The normalized spacial score (nSPS) is 14.9. The highest BCUT2D eigenvalue weighted by molar-refractivity contribution is 6.30. The van der Waals surface area contributed by atoms with Gasteiger partial charge in [0.1, 0.15) is 0 Å². The van der Waals surface area contributed by atoms with Gasteiger partial charge < -0.3 is 14.6 Å². The number of halogens is 1. The van der Waals surface area contributed by atoms with Crippen LogP contribution in [0.3, 0.4) is 0 Å². The van der Waals surface area contributed by atoms with Gasteiger partial charge in [0.25, 0.3) is 0 Å². The van der Waals surface area contributed by atoms with E-state index in [9.17, 15) is 5.11 Å². The van der Waals surface area contributed by atoms with Gasteiger partial charge in [0, 0.05) is 32.1 Å². The summed E-state index contributed by atoms with van der Waals surface area (Å²) in [6, 6.07) is 7.48. The average molecular weight is 259 g/mol. The SMILES string of the molecule is COC(CC(C)(O)Cc1cccc(Cl)c1)OC. The summed E-state index contributed by atoms with van der Waals surface area (Å²) >= 11 is 5.90. The first-order valence-electron chi connectivity index (χ1n) is 5.49. The van der Waals surface area contributed by atoms with Gasteiger partial charge in [-0.15, -0.1) is 0 Å². The van der Waals surface area contributed by atoms with Crippen LogP contribution in [0.2, 0.25) is 5.02 Å². The Hall–Kier alpha value is -0.610. The zero-order chi connectivity index (χ0) is 12.9. The van der Waals surface area contributed by atoms with Crippen LogP contribution in [-0.4, -0.2) is 31.2 Å². The smallest absolute Gasteiger partial charge is 0.159 e. The van der Waals surface area contributed by atoms with Crippen LogP contribution < -0.4 is 0 Å². The van der Waals surface area contributed by atoms with Crippen molar-refractivity contribution < 1.29 is 14.6 Å². The second kappa shape index (κ2) is 6.36.